The number of benzene rings is 1. The summed E-state index contributed by atoms with van der Waals surface area (Å²) in [6.45, 7) is 6.33. The Balaban J connectivity index is 2.02. The monoisotopic (exact) mass is 273 g/mol. The van der Waals surface area contributed by atoms with E-state index in [4.69, 9.17) is 0 Å². The van der Waals surface area contributed by atoms with Gasteiger partial charge in [-0.05, 0) is 61.0 Å². The van der Waals surface area contributed by atoms with Gasteiger partial charge in [-0.15, -0.1) is 0 Å². The summed E-state index contributed by atoms with van der Waals surface area (Å²) >= 11 is 1.60. The molecule has 0 fully saturated rings. The van der Waals surface area contributed by atoms with Gasteiger partial charge in [0.25, 0.3) is 0 Å². The molecule has 1 heterocycles. The van der Waals surface area contributed by atoms with Crippen molar-refractivity contribution in [3.63, 3.8) is 0 Å². The van der Waals surface area contributed by atoms with Gasteiger partial charge in [0.2, 0.25) is 0 Å². The molecule has 0 saturated carbocycles. The van der Waals surface area contributed by atoms with Crippen molar-refractivity contribution in [2.75, 3.05) is 6.54 Å². The Morgan fingerprint density at radius 3 is 2.68 bits per heavy atom. The first-order valence-corrected chi connectivity index (χ1v) is 7.36. The first-order valence-electron chi connectivity index (χ1n) is 6.54. The zero-order valence-corrected chi connectivity index (χ0v) is 12.2. The van der Waals surface area contributed by atoms with Gasteiger partial charge in [0.1, 0.15) is 0 Å². The fourth-order valence-electron chi connectivity index (χ4n) is 1.77. The topological polar surface area (TPSA) is 37.8 Å². The molecule has 0 saturated heterocycles. The van der Waals surface area contributed by atoms with Gasteiger partial charge in [-0.2, -0.15) is 0 Å². The Kier molecular flexibility index (Phi) is 5.36. The van der Waals surface area contributed by atoms with E-state index >= 15 is 0 Å². The molecule has 1 N–H and O–H groups in total. The molecule has 0 bridgehead atoms. The van der Waals surface area contributed by atoms with Crippen LogP contribution in [0.1, 0.15) is 24.5 Å². The molecular weight excluding hydrogens is 254 g/mol. The van der Waals surface area contributed by atoms with Crippen molar-refractivity contribution in [1.29, 1.82) is 0 Å². The molecule has 0 atom stereocenters. The van der Waals surface area contributed by atoms with E-state index in [0.717, 1.165) is 18.2 Å². The van der Waals surface area contributed by atoms with Crippen LogP contribution in [0, 0.1) is 6.92 Å². The Morgan fingerprint density at radius 2 is 2.00 bits per heavy atom. The normalized spacial score (nSPS) is 10.6. The molecule has 0 spiro atoms. The molecular formula is C15H19N3S. The lowest BCUT2D eigenvalue weighted by atomic mass is 10.1. The molecule has 2 rings (SSSR count). The molecule has 4 heteroatoms. The second-order valence-electron chi connectivity index (χ2n) is 4.40. The maximum atomic E-state index is 4.23. The average Bonchev–Trinajstić information content (AvgIpc) is 2.43. The first kappa shape index (κ1) is 14.0. The van der Waals surface area contributed by atoms with Gasteiger partial charge in [0.15, 0.2) is 5.16 Å². The summed E-state index contributed by atoms with van der Waals surface area (Å²) in [6, 6.07) is 8.35. The highest BCUT2D eigenvalue weighted by molar-refractivity contribution is 7.99. The Morgan fingerprint density at radius 1 is 1.21 bits per heavy atom. The van der Waals surface area contributed by atoms with Crippen LogP contribution in [0.5, 0.6) is 0 Å². The number of hydrogen-bond donors (Lipinski definition) is 1. The lowest BCUT2D eigenvalue weighted by Crippen LogP contribution is -2.14. The number of nitrogens with zero attached hydrogens (tertiary/aromatic N) is 2. The van der Waals surface area contributed by atoms with Gasteiger partial charge >= 0.3 is 0 Å². The molecule has 2 aromatic rings. The van der Waals surface area contributed by atoms with Gasteiger partial charge in [0, 0.05) is 23.8 Å². The molecule has 3 nitrogen and oxygen atoms in total. The number of nitrogens with one attached hydrogen (secondary N) is 1. The Hall–Kier alpha value is -1.39. The van der Waals surface area contributed by atoms with Crippen molar-refractivity contribution >= 4 is 11.8 Å². The van der Waals surface area contributed by atoms with E-state index < -0.39 is 0 Å². The van der Waals surface area contributed by atoms with Gasteiger partial charge in [-0.3, -0.25) is 0 Å². The van der Waals surface area contributed by atoms with Crippen molar-refractivity contribution in [3.05, 3.63) is 47.8 Å². The third-order valence-electron chi connectivity index (χ3n) is 2.81. The van der Waals surface area contributed by atoms with Crippen molar-refractivity contribution in [1.82, 2.24) is 15.3 Å². The van der Waals surface area contributed by atoms with Crippen LogP contribution in [0.25, 0.3) is 0 Å². The van der Waals surface area contributed by atoms with Crippen LogP contribution in [-0.2, 0) is 6.54 Å². The van der Waals surface area contributed by atoms with E-state index in [2.05, 4.69) is 47.3 Å². The van der Waals surface area contributed by atoms with E-state index in [0.29, 0.717) is 0 Å². The van der Waals surface area contributed by atoms with Crippen LogP contribution < -0.4 is 5.32 Å². The summed E-state index contributed by atoms with van der Waals surface area (Å²) in [7, 11) is 0. The minimum absolute atomic E-state index is 0.791. The van der Waals surface area contributed by atoms with Gasteiger partial charge in [-0.1, -0.05) is 13.0 Å². The molecule has 0 aliphatic rings. The van der Waals surface area contributed by atoms with E-state index in [1.807, 2.05) is 6.07 Å². The second kappa shape index (κ2) is 7.26. The highest BCUT2D eigenvalue weighted by atomic mass is 32.2. The van der Waals surface area contributed by atoms with E-state index in [-0.39, 0.29) is 0 Å². The second-order valence-corrected chi connectivity index (χ2v) is 5.44. The molecule has 1 aromatic heterocycles. The largest absolute Gasteiger partial charge is 0.313 e. The molecule has 0 amide bonds. The molecule has 0 aliphatic heterocycles. The van der Waals surface area contributed by atoms with Crippen molar-refractivity contribution < 1.29 is 0 Å². The average molecular weight is 273 g/mol. The lowest BCUT2D eigenvalue weighted by molar-refractivity contribution is 0.673. The van der Waals surface area contributed by atoms with Crippen molar-refractivity contribution in [2.45, 2.75) is 36.9 Å². The summed E-state index contributed by atoms with van der Waals surface area (Å²) in [5.74, 6) is 0. The van der Waals surface area contributed by atoms with Crippen molar-refractivity contribution in [3.8, 4) is 0 Å². The minimum Gasteiger partial charge on any atom is -0.313 e. The summed E-state index contributed by atoms with van der Waals surface area (Å²) in [4.78, 5) is 9.64. The summed E-state index contributed by atoms with van der Waals surface area (Å²) < 4.78 is 0. The van der Waals surface area contributed by atoms with Crippen LogP contribution in [-0.4, -0.2) is 16.5 Å². The van der Waals surface area contributed by atoms with Crippen LogP contribution in [0.4, 0.5) is 0 Å². The number of aryl methyl sites for hydroxylation is 1. The smallest absolute Gasteiger partial charge is 0.192 e. The minimum atomic E-state index is 0.791. The maximum absolute atomic E-state index is 4.23. The SMILES string of the molecule is CCCNCc1ccc(Sc2ncccn2)cc1C. The van der Waals surface area contributed by atoms with Gasteiger partial charge in [-0.25, -0.2) is 9.97 Å². The molecule has 1 aromatic carbocycles. The third kappa shape index (κ3) is 4.33. The third-order valence-corrected chi connectivity index (χ3v) is 3.69. The lowest BCUT2D eigenvalue weighted by Gasteiger charge is -2.08. The van der Waals surface area contributed by atoms with Crippen LogP contribution in [0.15, 0.2) is 46.7 Å². The van der Waals surface area contributed by atoms with E-state index in [9.17, 15) is 0 Å². The Bertz CT molecular complexity index is 514. The summed E-state index contributed by atoms with van der Waals surface area (Å²) in [5, 5.41) is 4.22. The van der Waals surface area contributed by atoms with Crippen LogP contribution in [0.3, 0.4) is 0 Å². The fraction of sp³-hybridized carbons (Fsp3) is 0.333. The van der Waals surface area contributed by atoms with E-state index in [1.54, 1.807) is 24.2 Å². The Labute approximate surface area is 118 Å². The zero-order valence-electron chi connectivity index (χ0n) is 11.4. The molecule has 0 unspecified atom stereocenters. The predicted molar refractivity (Wildman–Crippen MR) is 79.3 cm³/mol. The predicted octanol–water partition coefficient (Wildman–Crippen LogP) is 3.44. The number of aromatic nitrogens is 2. The van der Waals surface area contributed by atoms with Crippen molar-refractivity contribution in [2.24, 2.45) is 0 Å². The molecule has 0 aliphatic carbocycles. The van der Waals surface area contributed by atoms with E-state index in [1.165, 1.54) is 22.4 Å². The zero-order chi connectivity index (χ0) is 13.5. The number of hydrogen-bond acceptors (Lipinski definition) is 4. The summed E-state index contributed by atoms with van der Waals surface area (Å²) in [6.07, 6.45) is 4.70. The van der Waals surface area contributed by atoms with Gasteiger partial charge < -0.3 is 5.32 Å². The maximum Gasteiger partial charge on any atom is 0.192 e. The fourth-order valence-corrected chi connectivity index (χ4v) is 2.58. The highest BCUT2D eigenvalue weighted by Crippen LogP contribution is 2.25. The van der Waals surface area contributed by atoms with Gasteiger partial charge in [0.05, 0.1) is 0 Å². The first-order chi connectivity index (χ1) is 9.29. The molecule has 19 heavy (non-hydrogen) atoms. The molecule has 100 valence electrons. The standard InChI is InChI=1S/C15H19N3S/c1-3-7-16-11-13-5-6-14(10-12(13)2)19-15-17-8-4-9-18-15/h4-6,8-10,16H,3,7,11H2,1-2H3. The highest BCUT2D eigenvalue weighted by Gasteiger charge is 2.03. The van der Waals surface area contributed by atoms with Crippen LogP contribution in [0.2, 0.25) is 0 Å². The quantitative estimate of drug-likeness (QED) is 0.646. The summed E-state index contributed by atoms with van der Waals surface area (Å²) in [5.41, 5.74) is 2.66. The number of rotatable bonds is 6. The van der Waals surface area contributed by atoms with Crippen LogP contribution >= 0.6 is 11.8 Å². The molecule has 0 radical (unpaired) electrons.